The van der Waals surface area contributed by atoms with Gasteiger partial charge in [-0.05, 0) is 14.0 Å². The Morgan fingerprint density at radius 2 is 2.42 bits per heavy atom. The fourth-order valence-electron chi connectivity index (χ4n) is 0.887. The van der Waals surface area contributed by atoms with Crippen LogP contribution in [-0.4, -0.2) is 28.0 Å². The van der Waals surface area contributed by atoms with E-state index < -0.39 is 0 Å². The van der Waals surface area contributed by atoms with Crippen molar-refractivity contribution in [1.29, 1.82) is 0 Å². The molecule has 0 atom stereocenters. The monoisotopic (exact) mass is 168 g/mol. The Kier molecular flexibility index (Phi) is 2.93. The molecule has 12 heavy (non-hydrogen) atoms. The predicted octanol–water partition coefficient (Wildman–Crippen LogP) is -0.344. The second-order valence-electron chi connectivity index (χ2n) is 2.61. The molecule has 0 aliphatic carbocycles. The lowest BCUT2D eigenvalue weighted by atomic mass is 10.3. The van der Waals surface area contributed by atoms with Crippen molar-refractivity contribution in [1.82, 2.24) is 20.5 Å². The molecular weight excluding hydrogens is 156 g/mol. The summed E-state index contributed by atoms with van der Waals surface area (Å²) in [5, 5.41) is 9.53. The van der Waals surface area contributed by atoms with E-state index in [0.717, 1.165) is 0 Å². The van der Waals surface area contributed by atoms with Gasteiger partial charge in [0.05, 0.1) is 13.0 Å². The number of H-pyrrole nitrogens is 1. The number of aromatic nitrogens is 3. The number of hydrogen-bond donors (Lipinski definition) is 2. The van der Waals surface area contributed by atoms with Crippen molar-refractivity contribution in [2.24, 2.45) is 0 Å². The third kappa shape index (κ3) is 2.43. The molecule has 0 aromatic carbocycles. The molecule has 0 aliphatic rings. The van der Waals surface area contributed by atoms with E-state index in [0.29, 0.717) is 24.6 Å². The van der Waals surface area contributed by atoms with E-state index in [-0.39, 0.29) is 5.78 Å². The molecule has 0 spiro atoms. The van der Waals surface area contributed by atoms with Gasteiger partial charge in [0.2, 0.25) is 0 Å². The SMILES string of the molecule is CNCc1n[nH]c(CC(C)=O)n1. The molecule has 66 valence electrons. The molecule has 5 nitrogen and oxygen atoms in total. The van der Waals surface area contributed by atoms with Crippen LogP contribution in [0.2, 0.25) is 0 Å². The zero-order valence-electron chi connectivity index (χ0n) is 7.22. The lowest BCUT2D eigenvalue weighted by Crippen LogP contribution is -2.06. The molecule has 1 aromatic rings. The zero-order valence-corrected chi connectivity index (χ0v) is 7.22. The lowest BCUT2D eigenvalue weighted by Gasteiger charge is -1.88. The minimum atomic E-state index is 0.0853. The van der Waals surface area contributed by atoms with Crippen molar-refractivity contribution >= 4 is 5.78 Å². The van der Waals surface area contributed by atoms with Crippen molar-refractivity contribution < 1.29 is 4.79 Å². The number of hydrogen-bond acceptors (Lipinski definition) is 4. The van der Waals surface area contributed by atoms with E-state index in [1.165, 1.54) is 6.92 Å². The van der Waals surface area contributed by atoms with Crippen LogP contribution in [-0.2, 0) is 17.8 Å². The number of nitrogens with zero attached hydrogens (tertiary/aromatic N) is 2. The van der Waals surface area contributed by atoms with Crippen molar-refractivity contribution in [3.05, 3.63) is 11.6 Å². The maximum atomic E-state index is 10.7. The van der Waals surface area contributed by atoms with Crippen LogP contribution >= 0.6 is 0 Å². The first kappa shape index (κ1) is 8.86. The van der Waals surface area contributed by atoms with E-state index in [1.54, 1.807) is 0 Å². The first-order chi connectivity index (χ1) is 5.72. The highest BCUT2D eigenvalue weighted by Crippen LogP contribution is 1.93. The second-order valence-corrected chi connectivity index (χ2v) is 2.61. The molecule has 1 heterocycles. The predicted molar refractivity (Wildman–Crippen MR) is 43.5 cm³/mol. The van der Waals surface area contributed by atoms with Crippen LogP contribution in [0.25, 0.3) is 0 Å². The summed E-state index contributed by atoms with van der Waals surface area (Å²) in [6, 6.07) is 0. The van der Waals surface area contributed by atoms with Gasteiger partial charge < -0.3 is 5.32 Å². The Bertz CT molecular complexity index is 268. The zero-order chi connectivity index (χ0) is 8.97. The Hall–Kier alpha value is -1.23. The fraction of sp³-hybridized carbons (Fsp3) is 0.571. The van der Waals surface area contributed by atoms with Gasteiger partial charge in [-0.3, -0.25) is 9.89 Å². The number of nitrogens with one attached hydrogen (secondary N) is 2. The van der Waals surface area contributed by atoms with Crippen molar-refractivity contribution in [2.75, 3.05) is 7.05 Å². The van der Waals surface area contributed by atoms with Gasteiger partial charge >= 0.3 is 0 Å². The third-order valence-electron chi connectivity index (χ3n) is 1.33. The average molecular weight is 168 g/mol. The molecule has 0 aliphatic heterocycles. The molecule has 0 radical (unpaired) electrons. The van der Waals surface area contributed by atoms with Gasteiger partial charge in [-0.2, -0.15) is 5.10 Å². The highest BCUT2D eigenvalue weighted by atomic mass is 16.1. The van der Waals surface area contributed by atoms with Gasteiger partial charge in [0, 0.05) is 0 Å². The maximum absolute atomic E-state index is 10.7. The summed E-state index contributed by atoms with van der Waals surface area (Å²) in [7, 11) is 1.82. The number of carbonyl (C=O) groups is 1. The third-order valence-corrected chi connectivity index (χ3v) is 1.33. The smallest absolute Gasteiger partial charge is 0.164 e. The summed E-state index contributed by atoms with van der Waals surface area (Å²) in [5.74, 6) is 1.41. The van der Waals surface area contributed by atoms with Crippen LogP contribution in [0, 0.1) is 0 Å². The van der Waals surface area contributed by atoms with Crippen LogP contribution in [0.15, 0.2) is 0 Å². The molecule has 0 saturated heterocycles. The Labute approximate surface area is 70.6 Å². The highest BCUT2D eigenvalue weighted by molar-refractivity contribution is 5.77. The first-order valence-corrected chi connectivity index (χ1v) is 3.76. The average Bonchev–Trinajstić information content (AvgIpc) is 2.36. The summed E-state index contributed by atoms with van der Waals surface area (Å²) in [4.78, 5) is 14.8. The quantitative estimate of drug-likeness (QED) is 0.645. The van der Waals surface area contributed by atoms with E-state index in [2.05, 4.69) is 20.5 Å². The fourth-order valence-corrected chi connectivity index (χ4v) is 0.887. The van der Waals surface area contributed by atoms with E-state index in [9.17, 15) is 4.79 Å². The molecular formula is C7H12N4O. The van der Waals surface area contributed by atoms with E-state index in [4.69, 9.17) is 0 Å². The number of aromatic amines is 1. The summed E-state index contributed by atoms with van der Waals surface area (Å²) >= 11 is 0. The maximum Gasteiger partial charge on any atom is 0.164 e. The standard InChI is InChI=1S/C7H12N4O/c1-5(12)3-6-9-7(4-8-2)11-10-6/h8H,3-4H2,1-2H3,(H,9,10,11). The summed E-state index contributed by atoms with van der Waals surface area (Å²) < 4.78 is 0. The molecule has 5 heteroatoms. The van der Waals surface area contributed by atoms with Crippen LogP contribution < -0.4 is 5.32 Å². The van der Waals surface area contributed by atoms with Crippen molar-refractivity contribution in [3.8, 4) is 0 Å². The summed E-state index contributed by atoms with van der Waals surface area (Å²) in [5.41, 5.74) is 0. The Balaban J connectivity index is 2.58. The van der Waals surface area contributed by atoms with Crippen LogP contribution in [0.5, 0.6) is 0 Å². The number of rotatable bonds is 4. The first-order valence-electron chi connectivity index (χ1n) is 3.76. The minimum absolute atomic E-state index is 0.0853. The van der Waals surface area contributed by atoms with Crippen LogP contribution in [0.1, 0.15) is 18.6 Å². The van der Waals surface area contributed by atoms with Gasteiger partial charge in [-0.25, -0.2) is 4.98 Å². The molecule has 2 N–H and O–H groups in total. The summed E-state index contributed by atoms with van der Waals surface area (Å²) in [6.07, 6.45) is 0.330. The van der Waals surface area contributed by atoms with Crippen molar-refractivity contribution in [2.45, 2.75) is 19.9 Å². The molecule has 0 bridgehead atoms. The molecule has 0 saturated carbocycles. The highest BCUT2D eigenvalue weighted by Gasteiger charge is 2.03. The largest absolute Gasteiger partial charge is 0.313 e. The summed E-state index contributed by atoms with van der Waals surface area (Å²) in [6.45, 7) is 2.15. The molecule has 0 unspecified atom stereocenters. The molecule has 1 rings (SSSR count). The Morgan fingerprint density at radius 1 is 1.67 bits per heavy atom. The normalized spacial score (nSPS) is 10.2. The Morgan fingerprint density at radius 3 is 3.00 bits per heavy atom. The van der Waals surface area contributed by atoms with E-state index in [1.807, 2.05) is 7.05 Å². The van der Waals surface area contributed by atoms with Crippen molar-refractivity contribution in [3.63, 3.8) is 0 Å². The number of Topliss-reactive ketones (excluding diaryl/α,β-unsaturated/α-hetero) is 1. The molecule has 1 aromatic heterocycles. The van der Waals surface area contributed by atoms with E-state index >= 15 is 0 Å². The van der Waals surface area contributed by atoms with Gasteiger partial charge in [-0.1, -0.05) is 0 Å². The second kappa shape index (κ2) is 3.96. The number of carbonyl (C=O) groups excluding carboxylic acids is 1. The molecule has 0 fully saturated rings. The van der Waals surface area contributed by atoms with Crippen LogP contribution in [0.3, 0.4) is 0 Å². The molecule has 0 amide bonds. The van der Waals surface area contributed by atoms with Crippen LogP contribution in [0.4, 0.5) is 0 Å². The lowest BCUT2D eigenvalue weighted by molar-refractivity contribution is -0.116. The number of ketones is 1. The van der Waals surface area contributed by atoms with Gasteiger partial charge in [0.15, 0.2) is 5.82 Å². The minimum Gasteiger partial charge on any atom is -0.313 e. The van der Waals surface area contributed by atoms with Gasteiger partial charge in [0.1, 0.15) is 11.6 Å². The van der Waals surface area contributed by atoms with Gasteiger partial charge in [0.25, 0.3) is 0 Å². The van der Waals surface area contributed by atoms with Gasteiger partial charge in [-0.15, -0.1) is 0 Å². The topological polar surface area (TPSA) is 70.7 Å².